The van der Waals surface area contributed by atoms with Crippen LogP contribution < -0.4 is 10.2 Å². The second-order valence-corrected chi connectivity index (χ2v) is 12.1. The van der Waals surface area contributed by atoms with Gasteiger partial charge >= 0.3 is 0 Å². The normalized spacial score (nSPS) is 17.5. The number of hydrogen-bond acceptors (Lipinski definition) is 10. The van der Waals surface area contributed by atoms with Crippen LogP contribution in [0.5, 0.6) is 0 Å². The van der Waals surface area contributed by atoms with Gasteiger partial charge in [0, 0.05) is 24.0 Å². The number of nitrogens with one attached hydrogen (secondary N) is 1. The Kier molecular flexibility index (Phi) is 7.29. The highest BCUT2D eigenvalue weighted by molar-refractivity contribution is 7.91. The molecule has 1 N–H and O–H groups in total. The Morgan fingerprint density at radius 3 is 2.57 bits per heavy atom. The van der Waals surface area contributed by atoms with Crippen molar-refractivity contribution in [2.24, 2.45) is 0 Å². The first kappa shape index (κ1) is 27.7. The van der Waals surface area contributed by atoms with E-state index in [4.69, 9.17) is 19.1 Å². The molecule has 6 rings (SSSR count). The third-order valence-electron chi connectivity index (χ3n) is 6.94. The molecule has 0 radical (unpaired) electrons. The summed E-state index contributed by atoms with van der Waals surface area (Å²) < 4.78 is 48.2. The highest BCUT2D eigenvalue weighted by Crippen LogP contribution is 2.28. The van der Waals surface area contributed by atoms with Crippen molar-refractivity contribution >= 4 is 43.6 Å². The molecule has 1 saturated heterocycles. The van der Waals surface area contributed by atoms with Crippen LogP contribution in [0, 0.1) is 0 Å². The fourth-order valence-electron chi connectivity index (χ4n) is 5.02. The van der Waals surface area contributed by atoms with Gasteiger partial charge in [0.05, 0.1) is 41.4 Å². The summed E-state index contributed by atoms with van der Waals surface area (Å²) >= 11 is 0. The molecule has 42 heavy (non-hydrogen) atoms. The summed E-state index contributed by atoms with van der Waals surface area (Å²) in [6.07, 6.45) is 1.20. The molecule has 1 aliphatic rings. The Balaban J connectivity index is 1.20. The van der Waals surface area contributed by atoms with Gasteiger partial charge in [-0.2, -0.15) is 5.10 Å². The average Bonchev–Trinajstić information content (AvgIpc) is 3.43. The number of rotatable bonds is 7. The number of carbonyl (C=O) groups excluding carboxylic acids is 1. The fraction of sp³-hybridized carbons (Fsp3) is 0.276. The Labute approximate surface area is 240 Å². The Morgan fingerprint density at radius 1 is 1.00 bits per heavy atom. The number of morpholine rings is 1. The van der Waals surface area contributed by atoms with Crippen LogP contribution in [0.25, 0.3) is 33.4 Å². The van der Waals surface area contributed by atoms with Gasteiger partial charge in [-0.1, -0.05) is 6.07 Å². The fourth-order valence-corrected chi connectivity index (χ4v) is 5.83. The summed E-state index contributed by atoms with van der Waals surface area (Å²) in [6.45, 7) is 5.66. The van der Waals surface area contributed by atoms with Gasteiger partial charge in [-0.3, -0.25) is 4.79 Å². The number of sulfone groups is 1. The number of benzene rings is 1. The lowest BCUT2D eigenvalue weighted by molar-refractivity contribution is -0.00545. The van der Waals surface area contributed by atoms with Crippen LogP contribution in [-0.4, -0.2) is 65.8 Å². The van der Waals surface area contributed by atoms with Gasteiger partial charge < -0.3 is 19.4 Å². The van der Waals surface area contributed by atoms with E-state index < -0.39 is 21.8 Å². The van der Waals surface area contributed by atoms with Crippen molar-refractivity contribution in [1.82, 2.24) is 25.5 Å². The lowest BCUT2D eigenvalue weighted by Crippen LogP contribution is -2.45. The molecule has 0 aliphatic carbocycles. The molecule has 5 aromatic rings. The molecule has 13 heteroatoms. The van der Waals surface area contributed by atoms with E-state index in [0.717, 1.165) is 30.9 Å². The number of carbonyl (C=O) groups is 1. The molecule has 1 amide bonds. The van der Waals surface area contributed by atoms with E-state index >= 15 is 0 Å². The molecule has 0 unspecified atom stereocenters. The summed E-state index contributed by atoms with van der Waals surface area (Å²) in [4.78, 5) is 24.4. The van der Waals surface area contributed by atoms with Crippen molar-refractivity contribution in [3.8, 4) is 11.4 Å². The number of aromatic nitrogens is 4. The van der Waals surface area contributed by atoms with E-state index in [1.54, 1.807) is 6.07 Å². The molecule has 2 atom stereocenters. The number of hydrogen-bond donors (Lipinski definition) is 1. The summed E-state index contributed by atoms with van der Waals surface area (Å²) in [5, 5.41) is 11.3. The molecule has 0 bridgehead atoms. The van der Waals surface area contributed by atoms with Crippen LogP contribution in [-0.2, 0) is 21.1 Å². The van der Waals surface area contributed by atoms with Gasteiger partial charge in [-0.05, 0) is 62.4 Å². The van der Waals surface area contributed by atoms with Crippen LogP contribution in [0.4, 0.5) is 10.2 Å². The van der Waals surface area contributed by atoms with E-state index in [0.29, 0.717) is 22.4 Å². The average molecular weight is 591 g/mol. The van der Waals surface area contributed by atoms with Crippen molar-refractivity contribution < 1.29 is 26.8 Å². The van der Waals surface area contributed by atoms with Crippen LogP contribution >= 0.6 is 0 Å². The van der Waals surface area contributed by atoms with Crippen molar-refractivity contribution in [3.63, 3.8) is 0 Å². The van der Waals surface area contributed by atoms with E-state index in [2.05, 4.69) is 20.4 Å². The van der Waals surface area contributed by atoms with Crippen molar-refractivity contribution in [2.45, 2.75) is 37.5 Å². The van der Waals surface area contributed by atoms with Gasteiger partial charge in [0.15, 0.2) is 6.01 Å². The van der Waals surface area contributed by atoms with E-state index in [-0.39, 0.29) is 40.2 Å². The highest BCUT2D eigenvalue weighted by Gasteiger charge is 2.24. The molecule has 11 nitrogen and oxygen atoms in total. The largest absolute Gasteiger partial charge is 0.463 e. The van der Waals surface area contributed by atoms with Gasteiger partial charge in [0.1, 0.15) is 28.1 Å². The first-order chi connectivity index (χ1) is 20.2. The third kappa shape index (κ3) is 5.52. The molecular formula is C29H27FN6O5S. The molecule has 0 saturated carbocycles. The van der Waals surface area contributed by atoms with E-state index in [1.165, 1.54) is 18.2 Å². The smallest absolute Gasteiger partial charge is 0.251 e. The van der Waals surface area contributed by atoms with Crippen molar-refractivity contribution in [1.29, 1.82) is 0 Å². The lowest BCUT2D eigenvalue weighted by Gasteiger charge is -2.36. The minimum Gasteiger partial charge on any atom is -0.463 e. The molecule has 1 fully saturated rings. The first-order valence-corrected chi connectivity index (χ1v) is 14.9. The molecule has 5 heterocycles. The highest BCUT2D eigenvalue weighted by atomic mass is 32.2. The van der Waals surface area contributed by atoms with Gasteiger partial charge in [-0.25, -0.2) is 22.8 Å². The number of nitrogens with zero attached hydrogens (tertiary/aromatic N) is 5. The quantitative estimate of drug-likeness (QED) is 0.295. The number of alkyl halides is 1. The van der Waals surface area contributed by atoms with Crippen LogP contribution in [0.15, 0.2) is 70.2 Å². The summed E-state index contributed by atoms with van der Waals surface area (Å²) in [6, 6.07) is 14.0. The van der Waals surface area contributed by atoms with E-state index in [1.807, 2.05) is 44.2 Å². The number of ether oxygens (including phenoxy) is 1. The van der Waals surface area contributed by atoms with Gasteiger partial charge in [-0.15, -0.1) is 5.10 Å². The van der Waals surface area contributed by atoms with Crippen molar-refractivity contribution in [2.75, 3.05) is 24.0 Å². The predicted octanol–water partition coefficient (Wildman–Crippen LogP) is 4.08. The molecule has 1 aromatic carbocycles. The topological polar surface area (TPSA) is 140 Å². The second-order valence-electron chi connectivity index (χ2n) is 10.2. The molecule has 1 aliphatic heterocycles. The van der Waals surface area contributed by atoms with Gasteiger partial charge in [0.25, 0.3) is 5.91 Å². The zero-order chi connectivity index (χ0) is 29.4. The van der Waals surface area contributed by atoms with Crippen LogP contribution in [0.3, 0.4) is 0 Å². The maximum atomic E-state index is 13.0. The lowest BCUT2D eigenvalue weighted by atomic mass is 10.1. The number of halogens is 1. The Bertz CT molecular complexity index is 1900. The zero-order valence-electron chi connectivity index (χ0n) is 22.8. The maximum absolute atomic E-state index is 13.0. The molecule has 0 spiro atoms. The third-order valence-corrected chi connectivity index (χ3v) is 8.21. The predicted molar refractivity (Wildman–Crippen MR) is 153 cm³/mol. The van der Waals surface area contributed by atoms with Crippen molar-refractivity contribution in [3.05, 3.63) is 72.1 Å². The monoisotopic (exact) mass is 590 g/mol. The number of anilines is 1. The second kappa shape index (κ2) is 11.1. The Hall–Kier alpha value is -4.49. The standard InChI is InChI=1S/C29H27FN6O5S/c1-17-13-36(14-18(2)41-17)28-5-3-4-22(33-28)23-7-8-24-25(32-23)11-20(34-35-24)12-31-29(37)19-6-9-26-21(10-19)27(15-40-26)42(38,39)16-30/h3-11,15,17-18H,12-14,16H2,1-2H3,(H,31,37)/t17-,18+. The minimum absolute atomic E-state index is 0.0495. The molecular weight excluding hydrogens is 563 g/mol. The number of fused-ring (bicyclic) bond motifs is 2. The molecule has 4 aromatic heterocycles. The Morgan fingerprint density at radius 2 is 1.79 bits per heavy atom. The SMILES string of the molecule is C[C@@H]1CN(c2cccc(-c3ccc4nnc(CNC(=O)c5ccc6occ(S(=O)(=O)CF)c6c5)cc4n3)n2)C[C@H](C)O1. The molecule has 216 valence electrons. The number of furan rings is 1. The summed E-state index contributed by atoms with van der Waals surface area (Å²) in [5.41, 5.74) is 3.47. The van der Waals surface area contributed by atoms with E-state index in [9.17, 15) is 17.6 Å². The first-order valence-electron chi connectivity index (χ1n) is 13.3. The van der Waals surface area contributed by atoms with Crippen LogP contribution in [0.2, 0.25) is 0 Å². The van der Waals surface area contributed by atoms with Gasteiger partial charge in [0.2, 0.25) is 9.84 Å². The summed E-state index contributed by atoms with van der Waals surface area (Å²) in [5.74, 6) is 0.383. The minimum atomic E-state index is -4.17. The number of amides is 1. The van der Waals surface area contributed by atoms with Crippen LogP contribution in [0.1, 0.15) is 29.9 Å². The number of pyridine rings is 2. The maximum Gasteiger partial charge on any atom is 0.251 e. The summed E-state index contributed by atoms with van der Waals surface area (Å²) in [7, 11) is -4.17. The zero-order valence-corrected chi connectivity index (χ0v) is 23.6.